The molecule has 1 aliphatic heterocycles. The minimum absolute atomic E-state index is 0.0858. The van der Waals surface area contributed by atoms with Crippen LogP contribution >= 0.6 is 0 Å². The van der Waals surface area contributed by atoms with Crippen LogP contribution in [0.4, 0.5) is 11.4 Å². The van der Waals surface area contributed by atoms with E-state index in [2.05, 4.69) is 10.2 Å². The van der Waals surface area contributed by atoms with Crippen molar-refractivity contribution in [3.63, 3.8) is 0 Å². The van der Waals surface area contributed by atoms with Crippen molar-refractivity contribution in [2.24, 2.45) is 0 Å². The lowest BCUT2D eigenvalue weighted by Gasteiger charge is -2.28. The maximum Gasteiger partial charge on any atom is 0.255 e. The third kappa shape index (κ3) is 4.52. The van der Waals surface area contributed by atoms with Crippen LogP contribution in [0.1, 0.15) is 15.9 Å². The van der Waals surface area contributed by atoms with E-state index in [0.29, 0.717) is 22.3 Å². The summed E-state index contributed by atoms with van der Waals surface area (Å²) in [6.45, 7) is 5.15. The van der Waals surface area contributed by atoms with Crippen LogP contribution in [0, 0.1) is 6.92 Å². The van der Waals surface area contributed by atoms with E-state index >= 15 is 0 Å². The SMILES string of the molecule is Cc1ccc2oc(-c3ccc(C(=O)Nc4ccc(N5CCOCC5)cc4)cc3)cc(=O)c2c1. The Morgan fingerprint density at radius 3 is 2.36 bits per heavy atom. The Morgan fingerprint density at radius 1 is 0.909 bits per heavy atom. The zero-order valence-electron chi connectivity index (χ0n) is 18.3. The van der Waals surface area contributed by atoms with E-state index in [4.69, 9.17) is 9.15 Å². The molecule has 0 spiro atoms. The van der Waals surface area contributed by atoms with Crippen LogP contribution in [0.15, 0.2) is 82.0 Å². The van der Waals surface area contributed by atoms with Crippen LogP contribution in [0.5, 0.6) is 0 Å². The molecule has 0 unspecified atom stereocenters. The Bertz CT molecular complexity index is 1350. The molecule has 1 aromatic heterocycles. The molecule has 2 heterocycles. The van der Waals surface area contributed by atoms with Crippen molar-refractivity contribution in [3.05, 3.63) is 94.1 Å². The summed E-state index contributed by atoms with van der Waals surface area (Å²) in [5, 5.41) is 3.49. The maximum atomic E-state index is 12.7. The molecular weight excluding hydrogens is 416 g/mol. The minimum atomic E-state index is -0.198. The Labute approximate surface area is 191 Å². The number of anilines is 2. The largest absolute Gasteiger partial charge is 0.456 e. The summed E-state index contributed by atoms with van der Waals surface area (Å²) in [5.41, 5.74) is 4.58. The van der Waals surface area contributed by atoms with Gasteiger partial charge in [0.15, 0.2) is 5.43 Å². The first-order valence-corrected chi connectivity index (χ1v) is 11.0. The van der Waals surface area contributed by atoms with Gasteiger partial charge in [-0.05, 0) is 55.5 Å². The second-order valence-corrected chi connectivity index (χ2v) is 8.15. The van der Waals surface area contributed by atoms with Gasteiger partial charge in [-0.2, -0.15) is 0 Å². The van der Waals surface area contributed by atoms with E-state index in [1.54, 1.807) is 24.3 Å². The molecule has 1 aliphatic rings. The number of nitrogens with one attached hydrogen (secondary N) is 1. The molecule has 0 saturated carbocycles. The maximum absolute atomic E-state index is 12.7. The zero-order valence-corrected chi connectivity index (χ0v) is 18.3. The molecular formula is C27H24N2O4. The Morgan fingerprint density at radius 2 is 1.64 bits per heavy atom. The van der Waals surface area contributed by atoms with Gasteiger partial charge in [-0.25, -0.2) is 0 Å². The van der Waals surface area contributed by atoms with E-state index in [1.165, 1.54) is 6.07 Å². The lowest BCUT2D eigenvalue weighted by Crippen LogP contribution is -2.36. The van der Waals surface area contributed by atoms with Crippen LogP contribution in [0.3, 0.4) is 0 Å². The predicted octanol–water partition coefficient (Wildman–Crippen LogP) is 4.86. The topological polar surface area (TPSA) is 71.8 Å². The lowest BCUT2D eigenvalue weighted by atomic mass is 10.1. The second kappa shape index (κ2) is 8.92. The first kappa shape index (κ1) is 21.0. The number of rotatable bonds is 4. The van der Waals surface area contributed by atoms with Gasteiger partial charge in [0.1, 0.15) is 11.3 Å². The fraction of sp³-hybridized carbons (Fsp3) is 0.185. The van der Waals surface area contributed by atoms with Crippen molar-refractivity contribution in [1.29, 1.82) is 0 Å². The highest BCUT2D eigenvalue weighted by Crippen LogP contribution is 2.24. The molecule has 4 aromatic rings. The van der Waals surface area contributed by atoms with Crippen molar-refractivity contribution in [2.75, 3.05) is 36.5 Å². The highest BCUT2D eigenvalue weighted by molar-refractivity contribution is 6.04. The van der Waals surface area contributed by atoms with Crippen molar-refractivity contribution in [3.8, 4) is 11.3 Å². The molecule has 3 aromatic carbocycles. The van der Waals surface area contributed by atoms with E-state index < -0.39 is 0 Å². The van der Waals surface area contributed by atoms with E-state index in [1.807, 2.05) is 49.4 Å². The number of morpholine rings is 1. The monoisotopic (exact) mass is 440 g/mol. The number of aryl methyl sites for hydroxylation is 1. The van der Waals surface area contributed by atoms with Crippen LogP contribution in [-0.2, 0) is 4.74 Å². The molecule has 6 heteroatoms. The number of hydrogen-bond donors (Lipinski definition) is 1. The molecule has 33 heavy (non-hydrogen) atoms. The van der Waals surface area contributed by atoms with Crippen molar-refractivity contribution < 1.29 is 13.9 Å². The van der Waals surface area contributed by atoms with Gasteiger partial charge in [-0.3, -0.25) is 9.59 Å². The van der Waals surface area contributed by atoms with Crippen LogP contribution in [-0.4, -0.2) is 32.2 Å². The van der Waals surface area contributed by atoms with Crippen LogP contribution in [0.25, 0.3) is 22.3 Å². The Kier molecular flexibility index (Phi) is 5.67. The number of amides is 1. The normalized spacial score (nSPS) is 13.8. The fourth-order valence-corrected chi connectivity index (χ4v) is 3.98. The van der Waals surface area contributed by atoms with Gasteiger partial charge in [-0.1, -0.05) is 23.8 Å². The molecule has 1 saturated heterocycles. The van der Waals surface area contributed by atoms with Gasteiger partial charge in [-0.15, -0.1) is 0 Å². The van der Waals surface area contributed by atoms with Crippen molar-refractivity contribution in [1.82, 2.24) is 0 Å². The molecule has 0 atom stereocenters. The predicted molar refractivity (Wildman–Crippen MR) is 130 cm³/mol. The number of hydrogen-bond acceptors (Lipinski definition) is 5. The summed E-state index contributed by atoms with van der Waals surface area (Å²) in [4.78, 5) is 27.5. The molecule has 1 amide bonds. The minimum Gasteiger partial charge on any atom is -0.456 e. The van der Waals surface area contributed by atoms with Gasteiger partial charge in [0.05, 0.1) is 18.6 Å². The molecule has 5 rings (SSSR count). The number of ether oxygens (including phenoxy) is 1. The third-order valence-electron chi connectivity index (χ3n) is 5.82. The molecule has 1 N–H and O–H groups in total. The standard InChI is InChI=1S/C27H24N2O4/c1-18-2-11-25-23(16-18)24(30)17-26(33-25)19-3-5-20(6-4-19)27(31)28-21-7-9-22(10-8-21)29-12-14-32-15-13-29/h2-11,16-17H,12-15H2,1H3,(H,28,31). The average Bonchev–Trinajstić information content (AvgIpc) is 2.85. The third-order valence-corrected chi connectivity index (χ3v) is 5.82. The van der Waals surface area contributed by atoms with Gasteiger partial charge >= 0.3 is 0 Å². The summed E-state index contributed by atoms with van der Waals surface area (Å²) in [6.07, 6.45) is 0. The van der Waals surface area contributed by atoms with Crippen LogP contribution < -0.4 is 15.6 Å². The molecule has 166 valence electrons. The first-order chi connectivity index (χ1) is 16.1. The van der Waals surface area contributed by atoms with Gasteiger partial charge in [0.25, 0.3) is 5.91 Å². The summed E-state index contributed by atoms with van der Waals surface area (Å²) in [7, 11) is 0. The molecule has 0 aliphatic carbocycles. The summed E-state index contributed by atoms with van der Waals surface area (Å²) < 4.78 is 11.3. The number of fused-ring (bicyclic) bond motifs is 1. The van der Waals surface area contributed by atoms with E-state index in [-0.39, 0.29) is 11.3 Å². The van der Waals surface area contributed by atoms with E-state index in [9.17, 15) is 9.59 Å². The summed E-state index contributed by atoms with van der Waals surface area (Å²) in [6, 6.07) is 21.9. The van der Waals surface area contributed by atoms with Gasteiger partial charge < -0.3 is 19.4 Å². The zero-order chi connectivity index (χ0) is 22.8. The summed E-state index contributed by atoms with van der Waals surface area (Å²) in [5.74, 6) is 0.276. The number of carbonyl (C=O) groups is 1. The first-order valence-electron chi connectivity index (χ1n) is 11.0. The Hall–Kier alpha value is -3.90. The number of carbonyl (C=O) groups excluding carboxylic acids is 1. The van der Waals surface area contributed by atoms with Gasteiger partial charge in [0.2, 0.25) is 0 Å². The lowest BCUT2D eigenvalue weighted by molar-refractivity contribution is 0.102. The molecule has 0 bridgehead atoms. The highest BCUT2D eigenvalue weighted by Gasteiger charge is 2.12. The molecule has 0 radical (unpaired) electrons. The van der Waals surface area contributed by atoms with Crippen LogP contribution in [0.2, 0.25) is 0 Å². The van der Waals surface area contributed by atoms with E-state index in [0.717, 1.165) is 48.8 Å². The number of benzene rings is 3. The quantitative estimate of drug-likeness (QED) is 0.491. The second-order valence-electron chi connectivity index (χ2n) is 8.15. The number of nitrogens with zero attached hydrogens (tertiary/aromatic N) is 1. The molecule has 6 nitrogen and oxygen atoms in total. The highest BCUT2D eigenvalue weighted by atomic mass is 16.5. The molecule has 1 fully saturated rings. The Balaban J connectivity index is 1.30. The summed E-state index contributed by atoms with van der Waals surface area (Å²) >= 11 is 0. The van der Waals surface area contributed by atoms with Crippen molar-refractivity contribution in [2.45, 2.75) is 6.92 Å². The van der Waals surface area contributed by atoms with Crippen molar-refractivity contribution >= 4 is 28.3 Å². The smallest absolute Gasteiger partial charge is 0.255 e. The fourth-order valence-electron chi connectivity index (χ4n) is 3.98. The average molecular weight is 440 g/mol. The van der Waals surface area contributed by atoms with Gasteiger partial charge in [0, 0.05) is 41.7 Å².